The second-order valence-electron chi connectivity index (χ2n) is 3.74. The van der Waals surface area contributed by atoms with Crippen molar-refractivity contribution in [2.45, 2.75) is 4.90 Å². The van der Waals surface area contributed by atoms with Crippen molar-refractivity contribution in [2.24, 2.45) is 0 Å². The van der Waals surface area contributed by atoms with Crippen molar-refractivity contribution >= 4 is 58.4 Å². The van der Waals surface area contributed by atoms with Gasteiger partial charge in [0.25, 0.3) is 5.91 Å². The number of nitrogens with one attached hydrogen (secondary N) is 1. The van der Waals surface area contributed by atoms with Crippen LogP contribution in [0.4, 0.5) is 10.1 Å². The smallest absolute Gasteiger partial charge is 0.258 e. The van der Waals surface area contributed by atoms with Crippen molar-refractivity contribution in [3.8, 4) is 0 Å². The molecule has 0 aliphatic carbocycles. The second-order valence-corrected chi connectivity index (χ2v) is 5.91. The van der Waals surface area contributed by atoms with E-state index in [2.05, 4.69) is 40.5 Å². The lowest BCUT2D eigenvalue weighted by Crippen LogP contribution is -2.14. The molecule has 6 heteroatoms. The van der Waals surface area contributed by atoms with Gasteiger partial charge in [0.1, 0.15) is 5.82 Å². The molecule has 0 aliphatic rings. The Bertz CT molecular complexity index is 651. The monoisotopic (exact) mass is 407 g/mol. The Kier molecular flexibility index (Phi) is 4.70. The molecule has 0 radical (unpaired) electrons. The molecule has 0 unspecified atom stereocenters. The van der Waals surface area contributed by atoms with E-state index >= 15 is 0 Å². The first-order valence-corrected chi connectivity index (χ1v) is 7.12. The molecule has 19 heavy (non-hydrogen) atoms. The maximum absolute atomic E-state index is 13.6. The number of rotatable bonds is 2. The van der Waals surface area contributed by atoms with Gasteiger partial charge in [0.2, 0.25) is 0 Å². The van der Waals surface area contributed by atoms with Crippen LogP contribution < -0.4 is 5.32 Å². The zero-order valence-electron chi connectivity index (χ0n) is 9.45. The predicted octanol–water partition coefficient (Wildman–Crippen LogP) is 4.62. The molecule has 2 rings (SSSR count). The van der Waals surface area contributed by atoms with E-state index in [0.29, 0.717) is 15.6 Å². The highest BCUT2D eigenvalue weighted by Crippen LogP contribution is 2.25. The van der Waals surface area contributed by atoms with Gasteiger partial charge in [-0.25, -0.2) is 4.39 Å². The third-order valence-electron chi connectivity index (χ3n) is 2.37. The van der Waals surface area contributed by atoms with Gasteiger partial charge >= 0.3 is 0 Å². The average molecular weight is 408 g/mol. The highest BCUT2D eigenvalue weighted by Gasteiger charge is 2.13. The number of benzene rings is 2. The second kappa shape index (κ2) is 6.11. The molecular weight excluding hydrogens is 400 g/mol. The third-order valence-corrected chi connectivity index (χ3v) is 3.64. The molecule has 0 heterocycles. The van der Waals surface area contributed by atoms with Crippen molar-refractivity contribution in [1.29, 1.82) is 0 Å². The quantitative estimate of drug-likeness (QED) is 0.552. The van der Waals surface area contributed by atoms with Gasteiger partial charge in [0, 0.05) is 8.47 Å². The van der Waals surface area contributed by atoms with Gasteiger partial charge in [-0.15, -0.1) is 12.6 Å². The van der Waals surface area contributed by atoms with E-state index in [9.17, 15) is 9.18 Å². The molecule has 0 atom stereocenters. The average Bonchev–Trinajstić information content (AvgIpc) is 2.35. The number of anilines is 1. The van der Waals surface area contributed by atoms with Crippen LogP contribution in [0.25, 0.3) is 0 Å². The predicted molar refractivity (Wildman–Crippen MR) is 85.8 cm³/mol. The number of halogens is 3. The molecule has 0 bridgehead atoms. The van der Waals surface area contributed by atoms with Crippen LogP contribution in [0.5, 0.6) is 0 Å². The maximum atomic E-state index is 13.6. The van der Waals surface area contributed by atoms with E-state index in [0.717, 1.165) is 3.57 Å². The van der Waals surface area contributed by atoms with Crippen molar-refractivity contribution in [3.63, 3.8) is 0 Å². The topological polar surface area (TPSA) is 29.1 Å². The first-order chi connectivity index (χ1) is 8.97. The molecule has 0 aliphatic heterocycles. The molecule has 2 nitrogen and oxygen atoms in total. The van der Waals surface area contributed by atoms with Crippen molar-refractivity contribution in [2.75, 3.05) is 5.32 Å². The fourth-order valence-corrected chi connectivity index (χ4v) is 2.57. The Labute approximate surface area is 133 Å². The number of thiol groups is 1. The van der Waals surface area contributed by atoms with Crippen LogP contribution in [-0.2, 0) is 0 Å². The molecule has 0 saturated carbocycles. The van der Waals surface area contributed by atoms with E-state index in [-0.39, 0.29) is 5.56 Å². The molecule has 2 aromatic carbocycles. The summed E-state index contributed by atoms with van der Waals surface area (Å²) in [7, 11) is 0. The SMILES string of the molecule is O=C(Nc1ccc(I)cc1Cl)c1cc(S)ccc1F. The molecule has 0 saturated heterocycles. The van der Waals surface area contributed by atoms with Crippen molar-refractivity contribution in [3.05, 3.63) is 56.4 Å². The van der Waals surface area contributed by atoms with Crippen molar-refractivity contribution in [1.82, 2.24) is 0 Å². The van der Waals surface area contributed by atoms with E-state index < -0.39 is 11.7 Å². The molecule has 2 aromatic rings. The summed E-state index contributed by atoms with van der Waals surface area (Å²) in [6.45, 7) is 0. The van der Waals surface area contributed by atoms with Crippen molar-refractivity contribution < 1.29 is 9.18 Å². The Hall–Kier alpha value is -0.790. The molecular formula is C13H8ClFINOS. The summed E-state index contributed by atoms with van der Waals surface area (Å²) < 4.78 is 14.5. The summed E-state index contributed by atoms with van der Waals surface area (Å²) in [6.07, 6.45) is 0. The molecule has 0 spiro atoms. The maximum Gasteiger partial charge on any atom is 0.258 e. The van der Waals surface area contributed by atoms with Gasteiger partial charge in [-0.1, -0.05) is 11.6 Å². The fraction of sp³-hybridized carbons (Fsp3) is 0. The van der Waals surface area contributed by atoms with Crippen LogP contribution in [0.3, 0.4) is 0 Å². The lowest BCUT2D eigenvalue weighted by atomic mass is 10.2. The van der Waals surface area contributed by atoms with Crippen LogP contribution in [-0.4, -0.2) is 5.91 Å². The summed E-state index contributed by atoms with van der Waals surface area (Å²) in [5.74, 6) is -1.16. The number of hydrogen-bond donors (Lipinski definition) is 2. The number of carbonyl (C=O) groups excluding carboxylic acids is 1. The number of carbonyl (C=O) groups is 1. The van der Waals surface area contributed by atoms with Crippen LogP contribution in [0.2, 0.25) is 5.02 Å². The highest BCUT2D eigenvalue weighted by atomic mass is 127. The zero-order chi connectivity index (χ0) is 14.0. The van der Waals surface area contributed by atoms with Crippen LogP contribution in [0.1, 0.15) is 10.4 Å². The van der Waals surface area contributed by atoms with Gasteiger partial charge in [-0.05, 0) is 59.0 Å². The minimum absolute atomic E-state index is 0.0675. The normalized spacial score (nSPS) is 10.3. The summed E-state index contributed by atoms with van der Waals surface area (Å²) in [4.78, 5) is 12.5. The fourth-order valence-electron chi connectivity index (χ4n) is 1.47. The summed E-state index contributed by atoms with van der Waals surface area (Å²) in [5.41, 5.74) is 0.373. The Morgan fingerprint density at radius 2 is 2.00 bits per heavy atom. The molecule has 1 amide bonds. The summed E-state index contributed by atoms with van der Waals surface area (Å²) >= 11 is 12.2. The molecule has 0 aromatic heterocycles. The van der Waals surface area contributed by atoms with Crippen LogP contribution in [0.15, 0.2) is 41.3 Å². The van der Waals surface area contributed by atoms with E-state index in [1.807, 2.05) is 0 Å². The van der Waals surface area contributed by atoms with Gasteiger partial charge in [0.15, 0.2) is 0 Å². The lowest BCUT2D eigenvalue weighted by molar-refractivity contribution is 0.102. The van der Waals surface area contributed by atoms with E-state index in [1.54, 1.807) is 18.2 Å². The van der Waals surface area contributed by atoms with Crippen LogP contribution in [0, 0.1) is 9.39 Å². The summed E-state index contributed by atoms with van der Waals surface area (Å²) in [5, 5.41) is 2.98. The largest absolute Gasteiger partial charge is 0.321 e. The lowest BCUT2D eigenvalue weighted by Gasteiger charge is -2.08. The highest BCUT2D eigenvalue weighted by molar-refractivity contribution is 14.1. The minimum atomic E-state index is -0.600. The van der Waals surface area contributed by atoms with Gasteiger partial charge in [0.05, 0.1) is 16.3 Å². The van der Waals surface area contributed by atoms with Gasteiger partial charge in [-0.3, -0.25) is 4.79 Å². The zero-order valence-corrected chi connectivity index (χ0v) is 13.3. The van der Waals surface area contributed by atoms with Gasteiger partial charge in [-0.2, -0.15) is 0 Å². The summed E-state index contributed by atoms with van der Waals surface area (Å²) in [6, 6.07) is 9.23. The van der Waals surface area contributed by atoms with E-state index in [4.69, 9.17) is 11.6 Å². The van der Waals surface area contributed by atoms with Crippen LogP contribution >= 0.6 is 46.8 Å². The molecule has 0 fully saturated rings. The first kappa shape index (κ1) is 14.6. The third kappa shape index (κ3) is 3.61. The number of amides is 1. The van der Waals surface area contributed by atoms with Gasteiger partial charge < -0.3 is 5.32 Å². The minimum Gasteiger partial charge on any atom is -0.321 e. The Morgan fingerprint density at radius 1 is 1.26 bits per heavy atom. The molecule has 98 valence electrons. The Morgan fingerprint density at radius 3 is 2.68 bits per heavy atom. The standard InChI is InChI=1S/C13H8ClFINOS/c14-10-5-7(16)1-4-12(10)17-13(18)9-6-8(19)2-3-11(9)15/h1-6,19H,(H,17,18). The molecule has 1 N–H and O–H groups in total. The first-order valence-electron chi connectivity index (χ1n) is 5.22. The van der Waals surface area contributed by atoms with E-state index in [1.165, 1.54) is 18.2 Å². The Balaban J connectivity index is 2.28. The number of hydrogen-bond acceptors (Lipinski definition) is 2.